The second kappa shape index (κ2) is 27.9. The Labute approximate surface area is 359 Å². The molecule has 9 unspecified atom stereocenters. The van der Waals surface area contributed by atoms with Gasteiger partial charge in [-0.15, -0.1) is 0 Å². The number of unbranched alkanes of at least 4 members (excludes halogenated alkanes) is 1. The van der Waals surface area contributed by atoms with Crippen LogP contribution in [0.2, 0.25) is 0 Å². The highest BCUT2D eigenvalue weighted by Gasteiger charge is 2.34. The molecule has 0 aromatic heterocycles. The summed E-state index contributed by atoms with van der Waals surface area (Å²) in [7, 11) is 0. The van der Waals surface area contributed by atoms with Gasteiger partial charge in [-0.25, -0.2) is 4.79 Å². The maximum Gasteiger partial charge on any atom is 0.326 e. The Kier molecular flexibility index (Phi) is 25.6. The summed E-state index contributed by atoms with van der Waals surface area (Å²) in [4.78, 5) is 116. The number of aliphatic hydroxyl groups is 1. The third-order valence-electron chi connectivity index (χ3n) is 9.47. The molecule has 0 rings (SSSR count). The second-order valence-corrected chi connectivity index (χ2v) is 17.0. The van der Waals surface area contributed by atoms with E-state index in [1.54, 1.807) is 27.7 Å². The minimum absolute atomic E-state index is 0.0148. The molecule has 0 aliphatic rings. The normalized spacial score (nSPS) is 15.8. The zero-order valence-electron chi connectivity index (χ0n) is 37.7. The molecule has 14 N–H and O–H groups in total. The van der Waals surface area contributed by atoms with Crippen LogP contribution in [0, 0.1) is 23.7 Å². The van der Waals surface area contributed by atoms with Gasteiger partial charge in [0.05, 0.1) is 18.7 Å². The van der Waals surface area contributed by atoms with E-state index in [9.17, 15) is 53.4 Å². The van der Waals surface area contributed by atoms with Crippen LogP contribution in [0.5, 0.6) is 0 Å². The summed E-state index contributed by atoms with van der Waals surface area (Å²) in [5.74, 6) is -8.02. The van der Waals surface area contributed by atoms with Crippen molar-refractivity contribution in [1.82, 2.24) is 42.5 Å². The van der Waals surface area contributed by atoms with Crippen molar-refractivity contribution in [2.75, 3.05) is 13.1 Å². The number of aliphatic hydroxyl groups excluding tert-OH is 1. The van der Waals surface area contributed by atoms with E-state index >= 15 is 0 Å². The summed E-state index contributed by atoms with van der Waals surface area (Å²) >= 11 is 0. The monoisotopic (exact) mass is 871 g/mol. The first-order valence-electron chi connectivity index (χ1n) is 21.0. The van der Waals surface area contributed by atoms with E-state index in [2.05, 4.69) is 42.5 Å². The molecular formula is C40H74N10O11. The molecular weight excluding hydrogens is 796 g/mol. The summed E-state index contributed by atoms with van der Waals surface area (Å²) in [6, 6.07) is -9.39. The fourth-order valence-electron chi connectivity index (χ4n) is 5.90. The van der Waals surface area contributed by atoms with Gasteiger partial charge in [-0.2, -0.15) is 0 Å². The number of nitrogens with one attached hydrogen (secondary N) is 8. The average molecular weight is 871 g/mol. The van der Waals surface area contributed by atoms with E-state index in [0.717, 1.165) is 0 Å². The van der Waals surface area contributed by atoms with Crippen molar-refractivity contribution in [3.05, 3.63) is 0 Å². The Morgan fingerprint density at radius 2 is 0.984 bits per heavy atom. The predicted molar refractivity (Wildman–Crippen MR) is 227 cm³/mol. The molecule has 0 saturated heterocycles. The van der Waals surface area contributed by atoms with E-state index in [-0.39, 0.29) is 24.7 Å². The van der Waals surface area contributed by atoms with E-state index in [1.807, 2.05) is 27.7 Å². The molecule has 21 heteroatoms. The molecule has 0 aromatic carbocycles. The minimum atomic E-state index is -1.59. The van der Waals surface area contributed by atoms with Gasteiger partial charge in [0.2, 0.25) is 47.3 Å². The lowest BCUT2D eigenvalue weighted by atomic mass is 10.00. The Bertz CT molecular complexity index is 1490. The average Bonchev–Trinajstić information content (AvgIpc) is 3.14. The Morgan fingerprint density at radius 3 is 1.46 bits per heavy atom. The van der Waals surface area contributed by atoms with Gasteiger partial charge >= 0.3 is 5.97 Å². The molecule has 9 atom stereocenters. The maximum absolute atomic E-state index is 13.3. The van der Waals surface area contributed by atoms with E-state index in [1.165, 1.54) is 20.8 Å². The largest absolute Gasteiger partial charge is 0.480 e. The molecule has 350 valence electrons. The van der Waals surface area contributed by atoms with Gasteiger partial charge in [-0.1, -0.05) is 55.4 Å². The number of carboxylic acids is 1. The van der Waals surface area contributed by atoms with Crippen LogP contribution in [-0.4, -0.2) is 131 Å². The van der Waals surface area contributed by atoms with Gasteiger partial charge in [0.1, 0.15) is 42.3 Å². The molecule has 0 saturated carbocycles. The highest BCUT2D eigenvalue weighted by atomic mass is 16.4. The summed E-state index contributed by atoms with van der Waals surface area (Å²) in [5.41, 5.74) is 11.6. The molecule has 21 nitrogen and oxygen atoms in total. The summed E-state index contributed by atoms with van der Waals surface area (Å²) < 4.78 is 0. The number of hydrogen-bond donors (Lipinski definition) is 12. The molecule has 0 spiro atoms. The molecule has 0 aromatic rings. The van der Waals surface area contributed by atoms with Crippen molar-refractivity contribution in [3.63, 3.8) is 0 Å². The Morgan fingerprint density at radius 1 is 0.508 bits per heavy atom. The number of rotatable bonds is 28. The minimum Gasteiger partial charge on any atom is -0.480 e. The highest BCUT2D eigenvalue weighted by molar-refractivity contribution is 5.97. The third kappa shape index (κ3) is 21.5. The van der Waals surface area contributed by atoms with Gasteiger partial charge in [0.15, 0.2) is 0 Å². The highest BCUT2D eigenvalue weighted by Crippen LogP contribution is 2.10. The van der Waals surface area contributed by atoms with E-state index in [0.29, 0.717) is 25.8 Å². The number of amides is 8. The van der Waals surface area contributed by atoms with Crippen molar-refractivity contribution in [3.8, 4) is 0 Å². The quantitative estimate of drug-likeness (QED) is 0.0374. The standard InChI is InChI=1S/C40H74N10O11/c1-19(2)16-26(42)35(55)47-28(17-20(3)4)37(57)45-24(10)34(54)48-30(21(5)6)38(58)43-18-29(52)44-23(9)33(53)50-32(25(11)51)39(59)46-27(14-12-13-15-41)36(56)49-31(22(7)8)40(60)61/h19-28,30-32,51H,12-18,41-42H2,1-11H3,(H,43,58)(H,44,52)(H,45,57)(H,46,59)(H,47,55)(H,48,54)(H,49,56)(H,50,53)(H,60,61). The van der Waals surface area contributed by atoms with E-state index in [4.69, 9.17) is 11.5 Å². The van der Waals surface area contributed by atoms with E-state index < -0.39 is 126 Å². The lowest BCUT2D eigenvalue weighted by Crippen LogP contribution is -2.60. The van der Waals surface area contributed by atoms with Crippen molar-refractivity contribution in [2.24, 2.45) is 35.1 Å². The first kappa shape index (κ1) is 56.1. The number of nitrogens with two attached hydrogens (primary N) is 2. The summed E-state index contributed by atoms with van der Waals surface area (Å²) in [6.07, 6.45) is 0.217. The van der Waals surface area contributed by atoms with Crippen LogP contribution in [0.1, 0.15) is 108 Å². The SMILES string of the molecule is CC(C)CC(N)C(=O)NC(CC(C)C)C(=O)NC(C)C(=O)NC(C(=O)NCC(=O)NC(C)C(=O)NC(C(=O)NC(CCCCN)C(=O)NC(C(=O)O)C(C)C)C(C)O)C(C)C. The van der Waals surface area contributed by atoms with Crippen molar-refractivity contribution < 1.29 is 53.4 Å². The molecule has 8 amide bonds. The Hall–Kier alpha value is -4.89. The maximum atomic E-state index is 13.3. The molecule has 0 fully saturated rings. The molecule has 0 aliphatic carbocycles. The molecule has 0 aliphatic heterocycles. The topological polar surface area (TPSA) is 342 Å². The van der Waals surface area contributed by atoms with Crippen LogP contribution in [0.4, 0.5) is 0 Å². The first-order chi connectivity index (χ1) is 28.2. The molecule has 0 radical (unpaired) electrons. The van der Waals surface area contributed by atoms with Crippen LogP contribution in [0.15, 0.2) is 0 Å². The second-order valence-electron chi connectivity index (χ2n) is 17.0. The third-order valence-corrected chi connectivity index (χ3v) is 9.47. The zero-order chi connectivity index (χ0) is 47.3. The number of carbonyl (C=O) groups excluding carboxylic acids is 8. The van der Waals surface area contributed by atoms with Gasteiger partial charge in [0, 0.05) is 0 Å². The molecule has 0 bridgehead atoms. The lowest BCUT2D eigenvalue weighted by Gasteiger charge is -2.27. The van der Waals surface area contributed by atoms with Crippen LogP contribution >= 0.6 is 0 Å². The van der Waals surface area contributed by atoms with Crippen LogP contribution in [0.25, 0.3) is 0 Å². The number of hydrogen-bond acceptors (Lipinski definition) is 12. The van der Waals surface area contributed by atoms with Gasteiger partial charge < -0.3 is 64.2 Å². The first-order valence-corrected chi connectivity index (χ1v) is 21.0. The fraction of sp³-hybridized carbons (Fsp3) is 0.775. The van der Waals surface area contributed by atoms with Gasteiger partial charge in [-0.3, -0.25) is 38.4 Å². The van der Waals surface area contributed by atoms with Gasteiger partial charge in [0.25, 0.3) is 0 Å². The predicted octanol–water partition coefficient (Wildman–Crippen LogP) is -2.14. The van der Waals surface area contributed by atoms with Crippen LogP contribution in [-0.2, 0) is 43.2 Å². The number of carbonyl (C=O) groups is 9. The van der Waals surface area contributed by atoms with Crippen LogP contribution < -0.4 is 54.0 Å². The molecule has 61 heavy (non-hydrogen) atoms. The Balaban J connectivity index is 5.52. The molecule has 0 heterocycles. The van der Waals surface area contributed by atoms with Crippen molar-refractivity contribution in [1.29, 1.82) is 0 Å². The van der Waals surface area contributed by atoms with Gasteiger partial charge in [-0.05, 0) is 83.1 Å². The fourth-order valence-corrected chi connectivity index (χ4v) is 5.90. The number of carboxylic acid groups (broad SMARTS) is 1. The summed E-state index contributed by atoms with van der Waals surface area (Å²) in [5, 5.41) is 39.7. The van der Waals surface area contributed by atoms with Crippen molar-refractivity contribution in [2.45, 2.75) is 163 Å². The zero-order valence-corrected chi connectivity index (χ0v) is 37.7. The van der Waals surface area contributed by atoms with Crippen molar-refractivity contribution >= 4 is 53.2 Å². The van der Waals surface area contributed by atoms with Crippen LogP contribution in [0.3, 0.4) is 0 Å². The summed E-state index contributed by atoms with van der Waals surface area (Å²) in [6.45, 7) is 17.7. The smallest absolute Gasteiger partial charge is 0.326 e. The lowest BCUT2D eigenvalue weighted by molar-refractivity contribution is -0.143. The number of aliphatic carboxylic acids is 1.